The Morgan fingerprint density at radius 1 is 0.133 bits per heavy atom. The first-order valence-electron chi connectivity index (χ1n) is 34.8. The highest BCUT2D eigenvalue weighted by Crippen LogP contribution is 2.28. The van der Waals surface area contributed by atoms with Crippen LogP contribution < -0.4 is 0 Å². The average molecular weight is 1690 g/mol. The summed E-state index contributed by atoms with van der Waals surface area (Å²) in [5, 5.41) is 0. The second-order valence-electron chi connectivity index (χ2n) is 22.1. The molecule has 0 rings (SSSR count). The lowest BCUT2D eigenvalue weighted by Gasteiger charge is -2.38. The summed E-state index contributed by atoms with van der Waals surface area (Å²) in [7, 11) is 0. The molecule has 0 aliphatic carbocycles. The summed E-state index contributed by atoms with van der Waals surface area (Å²) in [5.74, 6) is 0. The smallest absolute Gasteiger partial charge is 0.0700 e. The maximum atomic E-state index is 6.91. The van der Waals surface area contributed by atoms with Gasteiger partial charge in [-0.3, -0.25) is 0 Å². The molecule has 18 nitrogen and oxygen atoms in total. The van der Waals surface area contributed by atoms with Crippen molar-refractivity contribution in [1.29, 1.82) is 0 Å². The van der Waals surface area contributed by atoms with Crippen molar-refractivity contribution >= 4 is 94.1 Å². The Labute approximate surface area is 694 Å². The summed E-state index contributed by atoms with van der Waals surface area (Å²) in [4.78, 5) is 0. The Hall–Kier alpha value is 2.08. The molecule has 0 spiro atoms. The van der Waals surface area contributed by atoms with Crippen LogP contribution in [0.4, 0.5) is 0 Å². The monoisotopic (exact) mass is 1690 g/mol. The van der Waals surface area contributed by atoms with Gasteiger partial charge in [-0.15, -0.1) is 0 Å². The van der Waals surface area contributed by atoms with E-state index >= 15 is 0 Å². The Morgan fingerprint density at radius 2 is 0.210 bits per heavy atom. The van der Waals surface area contributed by atoms with Gasteiger partial charge in [0.25, 0.3) is 0 Å². The lowest BCUT2D eigenvalue weighted by atomic mass is 9.89. The van der Waals surface area contributed by atoms with Crippen LogP contribution in [0.5, 0.6) is 0 Å². The Morgan fingerprint density at radius 3 is 0.295 bits per heavy atom. The maximum absolute atomic E-state index is 6.91. The van der Waals surface area contributed by atoms with Crippen LogP contribution in [0.2, 0.25) is 0 Å². The molecule has 0 saturated heterocycles. The highest BCUT2D eigenvalue weighted by Gasteiger charge is 2.39. The molecule has 26 heteroatoms. The van der Waals surface area contributed by atoms with Gasteiger partial charge in [-0.2, -0.15) is 94.1 Å². The fourth-order valence-electron chi connectivity index (χ4n) is 6.94. The third kappa shape index (κ3) is 142. The molecule has 664 valence electrons. The molecule has 0 heterocycles. The van der Waals surface area contributed by atoms with Crippen molar-refractivity contribution in [1.82, 2.24) is 0 Å². The Balaban J connectivity index is -0.000000141. The third-order valence-electron chi connectivity index (χ3n) is 10.7. The minimum absolute atomic E-state index is 0. The van der Waals surface area contributed by atoms with Gasteiger partial charge in [-0.1, -0.05) is 115 Å². The van der Waals surface area contributed by atoms with E-state index in [1.54, 1.807) is 94.1 Å². The minimum atomic E-state index is -0.788. The van der Waals surface area contributed by atoms with Gasteiger partial charge in [0.1, 0.15) is 0 Å². The number of hydrogen-bond donors (Lipinski definition) is 0. The molecule has 105 heavy (non-hydrogen) atoms. The summed E-state index contributed by atoms with van der Waals surface area (Å²) in [5.41, 5.74) is -2.18. The van der Waals surface area contributed by atoms with Crippen molar-refractivity contribution in [2.45, 2.75) is 166 Å². The summed E-state index contributed by atoms with van der Waals surface area (Å²) >= 11 is 14.0. The third-order valence-corrected chi connectivity index (χ3v) is 10.7. The van der Waals surface area contributed by atoms with E-state index in [-0.39, 0.29) is 99.1 Å². The predicted octanol–water partition coefficient (Wildman–Crippen LogP) is 20.4. The van der Waals surface area contributed by atoms with Crippen LogP contribution in [-0.2, 0) is 85.3 Å². The van der Waals surface area contributed by atoms with Gasteiger partial charge in [-0.05, 0) is 151 Å². The normalized spacial score (nSPS) is 10.1. The molecule has 0 aromatic rings. The number of ether oxygens (including phenoxy) is 18. The van der Waals surface area contributed by atoms with Gasteiger partial charge in [0, 0.05) is 52.9 Å². The average Bonchev–Trinajstić information content (AvgIpc) is 0.847. The van der Waals surface area contributed by atoms with Crippen LogP contribution in [0, 0.1) is 16.2 Å². The van der Waals surface area contributed by atoms with E-state index in [0.29, 0.717) is 198 Å². The molecule has 0 aliphatic rings. The molecular weight excluding hydrogens is 1490 g/mol. The van der Waals surface area contributed by atoms with Crippen LogP contribution in [0.25, 0.3) is 0 Å². The summed E-state index contributed by atoms with van der Waals surface area (Å²) < 4.78 is 111. The lowest BCUT2D eigenvalue weighted by molar-refractivity contribution is -0.162. The van der Waals surface area contributed by atoms with E-state index in [1.807, 2.05) is 100 Å². The summed E-state index contributed by atoms with van der Waals surface area (Å²) in [6, 6.07) is 0. The molecule has 0 saturated carbocycles. The van der Waals surface area contributed by atoms with E-state index in [1.165, 1.54) is 0 Å². The van der Waals surface area contributed by atoms with Crippen LogP contribution in [0.15, 0.2) is 0 Å². The van der Waals surface area contributed by atoms with Crippen LogP contribution >= 0.6 is 94.1 Å². The maximum Gasteiger partial charge on any atom is 0.0700 e. The zero-order valence-corrected chi connectivity index (χ0v) is 73.8. The highest BCUT2D eigenvalue weighted by atomic mass is 32.2. The first-order chi connectivity index (χ1) is 47.2. The molecule has 0 aliphatic heterocycles. The molecule has 0 bridgehead atoms. The largest absolute Gasteiger partial charge is 0.380 e. The second-order valence-corrected chi connectivity index (χ2v) is 28.6. The molecule has 0 aromatic carbocycles. The van der Waals surface area contributed by atoms with Gasteiger partial charge >= 0.3 is 0 Å². The fourth-order valence-corrected chi connectivity index (χ4v) is 6.94. The first-order valence-corrected chi connectivity index (χ1v) is 47.9. The zero-order chi connectivity index (χ0) is 75.0. The van der Waals surface area contributed by atoms with E-state index < -0.39 is 16.2 Å². The van der Waals surface area contributed by atoms with Gasteiger partial charge in [-0.25, -0.2) is 0 Å². The van der Waals surface area contributed by atoms with Crippen LogP contribution in [0.3, 0.4) is 0 Å². The lowest BCUT2D eigenvalue weighted by Crippen LogP contribution is -2.48. The van der Waals surface area contributed by atoms with Crippen molar-refractivity contribution in [3.8, 4) is 0 Å². The molecular formula is C79H192O18S8. The Kier molecular flexibility index (Phi) is 204. The van der Waals surface area contributed by atoms with Gasteiger partial charge in [0.05, 0.1) is 201 Å². The molecule has 0 unspecified atom stereocenters. The van der Waals surface area contributed by atoms with Crippen molar-refractivity contribution in [3.63, 3.8) is 0 Å². The van der Waals surface area contributed by atoms with Crippen LogP contribution in [-0.4, -0.2) is 338 Å². The van der Waals surface area contributed by atoms with Crippen molar-refractivity contribution in [2.75, 3.05) is 338 Å². The SMILES string of the molecule is C.C.C.C.C.C.C.C.CCCOCCOCC(COCCOCCC)(COCCOCCC)COCC(COCCOCCC)(COCCOCCC)COCC(COCCOCCC)(COCCOCCC)COCCOCCC.CSC.CSC.CSC.CSC.CSC.CSC.CSC.CSC. The van der Waals surface area contributed by atoms with E-state index in [0.717, 1.165) is 51.4 Å². The first kappa shape index (κ1) is 148. The van der Waals surface area contributed by atoms with Crippen molar-refractivity contribution < 1.29 is 85.3 Å². The molecule has 0 radical (unpaired) electrons. The number of thioether (sulfide) groups is 8. The van der Waals surface area contributed by atoms with E-state index in [9.17, 15) is 0 Å². The Bertz CT molecular complexity index is 1050. The minimum Gasteiger partial charge on any atom is -0.380 e. The quantitative estimate of drug-likeness (QED) is 0.0527. The topological polar surface area (TPSA) is 166 Å². The fraction of sp³-hybridized carbons (Fsp3) is 1.00. The molecule has 0 N–H and O–H groups in total. The molecule has 0 aromatic heterocycles. The number of rotatable bonds is 64. The predicted molar refractivity (Wildman–Crippen MR) is 494 cm³/mol. The van der Waals surface area contributed by atoms with E-state index in [2.05, 4.69) is 55.4 Å². The van der Waals surface area contributed by atoms with Crippen LogP contribution in [0.1, 0.15) is 166 Å². The van der Waals surface area contributed by atoms with Crippen molar-refractivity contribution in [3.05, 3.63) is 0 Å². The van der Waals surface area contributed by atoms with E-state index in [4.69, 9.17) is 85.3 Å². The summed E-state index contributed by atoms with van der Waals surface area (Å²) in [6.45, 7) is 32.5. The zero-order valence-electron chi connectivity index (χ0n) is 67.2. The standard InChI is InChI=1S/C55H112O18.8C2H6S.8CH4/c1-9-17-56-25-33-64-41-53(42-65-34-26-57-18-10-2,43-66-35-27-58-19-11-3)49-72-51-55(47-70-39-31-62-23-15-7,48-71-40-32-63-24-16-8)52-73-50-54(44-67-36-28-59-20-12-4,45-68-37-29-60-21-13-5)46-69-38-30-61-22-14-6;8*1-3-2;;;;;;;;/h9-52H2,1-8H3;8*1-2H3;8*1H4. The second kappa shape index (κ2) is 144. The summed E-state index contributed by atoms with van der Waals surface area (Å²) in [6.07, 6.45) is 40.1. The number of hydrogen-bond acceptors (Lipinski definition) is 26. The van der Waals surface area contributed by atoms with Crippen molar-refractivity contribution in [2.24, 2.45) is 16.2 Å². The van der Waals surface area contributed by atoms with Gasteiger partial charge in [0.2, 0.25) is 0 Å². The van der Waals surface area contributed by atoms with Gasteiger partial charge in [0.15, 0.2) is 0 Å². The van der Waals surface area contributed by atoms with Gasteiger partial charge < -0.3 is 85.3 Å². The molecule has 0 atom stereocenters. The molecule has 0 fully saturated rings. The molecule has 0 amide bonds. The highest BCUT2D eigenvalue weighted by molar-refractivity contribution is 7.99.